The highest BCUT2D eigenvalue weighted by Crippen LogP contribution is 2.32. The topological polar surface area (TPSA) is 43.8 Å². The molecule has 1 heterocycles. The van der Waals surface area contributed by atoms with Crippen LogP contribution in [0, 0.1) is 6.92 Å². The van der Waals surface area contributed by atoms with E-state index >= 15 is 0 Å². The lowest BCUT2D eigenvalue weighted by Gasteiger charge is -2.11. The number of benzene rings is 2. The molecule has 0 saturated carbocycles. The van der Waals surface area contributed by atoms with Gasteiger partial charge in [0.2, 0.25) is 0 Å². The third-order valence-electron chi connectivity index (χ3n) is 3.67. The molecule has 0 fully saturated rings. The third-order valence-corrected chi connectivity index (χ3v) is 3.97. The number of imidazole rings is 1. The molecule has 0 atom stereocenters. The van der Waals surface area contributed by atoms with Gasteiger partial charge in [-0.25, -0.2) is 4.98 Å². The molecule has 0 radical (unpaired) electrons. The summed E-state index contributed by atoms with van der Waals surface area (Å²) in [4.78, 5) is 4.79. The van der Waals surface area contributed by atoms with E-state index < -0.39 is 0 Å². The predicted octanol–water partition coefficient (Wildman–Crippen LogP) is 4.66. The minimum absolute atomic E-state index is 0.737. The lowest BCUT2D eigenvalue weighted by Crippen LogP contribution is -2.01. The van der Waals surface area contributed by atoms with Gasteiger partial charge in [-0.2, -0.15) is 0 Å². The molecule has 2 aromatic carbocycles. The van der Waals surface area contributed by atoms with Gasteiger partial charge in [-0.05, 0) is 43.2 Å². The second kappa shape index (κ2) is 5.41. The Morgan fingerprint density at radius 2 is 2.05 bits per heavy atom. The van der Waals surface area contributed by atoms with Crippen LogP contribution >= 0.6 is 11.6 Å². The van der Waals surface area contributed by atoms with Crippen LogP contribution in [0.2, 0.25) is 5.02 Å². The number of nitrogens with two attached hydrogens (primary N) is 1. The number of hydrogen-bond donors (Lipinski definition) is 1. The van der Waals surface area contributed by atoms with Crippen LogP contribution in [0.3, 0.4) is 0 Å². The van der Waals surface area contributed by atoms with E-state index in [-0.39, 0.29) is 0 Å². The number of hydrogen-bond acceptors (Lipinski definition) is 2. The Morgan fingerprint density at radius 3 is 2.81 bits per heavy atom. The number of aryl methyl sites for hydroxylation is 2. The SMILES string of the molecule is CCCn1c(-c2cc(N)ccc2C)nc2cccc(Cl)c21. The number of aromatic nitrogens is 2. The van der Waals surface area contributed by atoms with Gasteiger partial charge in [0.05, 0.1) is 16.1 Å². The molecule has 3 rings (SSSR count). The minimum atomic E-state index is 0.737. The minimum Gasteiger partial charge on any atom is -0.399 e. The van der Waals surface area contributed by atoms with Crippen molar-refractivity contribution >= 4 is 28.3 Å². The van der Waals surface area contributed by atoms with E-state index in [4.69, 9.17) is 22.3 Å². The maximum atomic E-state index is 6.38. The van der Waals surface area contributed by atoms with Crippen LogP contribution < -0.4 is 5.73 Å². The molecule has 2 N–H and O–H groups in total. The van der Waals surface area contributed by atoms with Crippen LogP contribution in [-0.4, -0.2) is 9.55 Å². The van der Waals surface area contributed by atoms with E-state index in [1.165, 1.54) is 0 Å². The van der Waals surface area contributed by atoms with Crippen LogP contribution in [0.5, 0.6) is 0 Å². The summed E-state index contributed by atoms with van der Waals surface area (Å²) in [6.45, 7) is 5.11. The molecule has 3 aromatic rings. The second-order valence-corrected chi connectivity index (χ2v) is 5.68. The lowest BCUT2D eigenvalue weighted by molar-refractivity contribution is 0.704. The maximum Gasteiger partial charge on any atom is 0.141 e. The van der Waals surface area contributed by atoms with Crippen molar-refractivity contribution in [1.29, 1.82) is 0 Å². The Morgan fingerprint density at radius 1 is 1.24 bits per heavy atom. The van der Waals surface area contributed by atoms with Crippen molar-refractivity contribution in [2.45, 2.75) is 26.8 Å². The number of para-hydroxylation sites is 1. The van der Waals surface area contributed by atoms with E-state index in [1.54, 1.807) is 0 Å². The van der Waals surface area contributed by atoms with Crippen molar-refractivity contribution in [2.24, 2.45) is 0 Å². The quantitative estimate of drug-likeness (QED) is 0.715. The number of nitrogens with zero attached hydrogens (tertiary/aromatic N) is 2. The fourth-order valence-corrected chi connectivity index (χ4v) is 2.94. The monoisotopic (exact) mass is 299 g/mol. The normalized spacial score (nSPS) is 11.2. The average Bonchev–Trinajstić information content (AvgIpc) is 2.82. The van der Waals surface area contributed by atoms with Crippen LogP contribution in [0.25, 0.3) is 22.4 Å². The highest BCUT2D eigenvalue weighted by Gasteiger charge is 2.16. The standard InChI is InChI=1S/C17H18ClN3/c1-3-9-21-16-14(18)5-4-6-15(16)20-17(21)13-10-12(19)8-7-11(13)2/h4-8,10H,3,9,19H2,1-2H3. The van der Waals surface area contributed by atoms with Crippen molar-refractivity contribution in [2.75, 3.05) is 5.73 Å². The Hall–Kier alpha value is -2.00. The van der Waals surface area contributed by atoms with Gasteiger partial charge in [-0.3, -0.25) is 0 Å². The van der Waals surface area contributed by atoms with Crippen LogP contribution in [0.4, 0.5) is 5.69 Å². The van der Waals surface area contributed by atoms with Gasteiger partial charge < -0.3 is 10.3 Å². The fourth-order valence-electron chi connectivity index (χ4n) is 2.67. The van der Waals surface area contributed by atoms with Gasteiger partial charge in [0.25, 0.3) is 0 Å². The molecule has 0 aliphatic rings. The van der Waals surface area contributed by atoms with E-state index in [9.17, 15) is 0 Å². The second-order valence-electron chi connectivity index (χ2n) is 5.27. The van der Waals surface area contributed by atoms with Crippen molar-refractivity contribution < 1.29 is 0 Å². The summed E-state index contributed by atoms with van der Waals surface area (Å²) in [7, 11) is 0. The van der Waals surface area contributed by atoms with E-state index in [1.807, 2.05) is 36.4 Å². The van der Waals surface area contributed by atoms with Gasteiger partial charge in [0.15, 0.2) is 0 Å². The van der Waals surface area contributed by atoms with Crippen LogP contribution in [0.1, 0.15) is 18.9 Å². The molecule has 0 aliphatic heterocycles. The summed E-state index contributed by atoms with van der Waals surface area (Å²) in [5.41, 5.74) is 10.8. The lowest BCUT2D eigenvalue weighted by atomic mass is 10.1. The summed E-state index contributed by atoms with van der Waals surface area (Å²) >= 11 is 6.38. The first-order valence-corrected chi connectivity index (χ1v) is 7.51. The summed E-state index contributed by atoms with van der Waals surface area (Å²) in [6.07, 6.45) is 1.02. The van der Waals surface area contributed by atoms with Gasteiger partial charge in [-0.1, -0.05) is 30.7 Å². The third kappa shape index (κ3) is 2.38. The molecule has 0 unspecified atom stereocenters. The summed E-state index contributed by atoms with van der Waals surface area (Å²) in [5.74, 6) is 0.935. The molecule has 21 heavy (non-hydrogen) atoms. The molecular weight excluding hydrogens is 282 g/mol. The zero-order valence-electron chi connectivity index (χ0n) is 12.2. The molecule has 108 valence electrons. The largest absolute Gasteiger partial charge is 0.399 e. The molecule has 1 aromatic heterocycles. The van der Waals surface area contributed by atoms with Crippen molar-refractivity contribution in [3.05, 3.63) is 47.0 Å². The van der Waals surface area contributed by atoms with Crippen molar-refractivity contribution in [3.63, 3.8) is 0 Å². The van der Waals surface area contributed by atoms with Gasteiger partial charge in [0.1, 0.15) is 5.82 Å². The number of fused-ring (bicyclic) bond motifs is 1. The number of halogens is 1. The van der Waals surface area contributed by atoms with Crippen molar-refractivity contribution in [3.8, 4) is 11.4 Å². The zero-order valence-corrected chi connectivity index (χ0v) is 13.0. The first-order valence-electron chi connectivity index (χ1n) is 7.13. The van der Waals surface area contributed by atoms with Crippen LogP contribution in [-0.2, 0) is 6.54 Å². The smallest absolute Gasteiger partial charge is 0.141 e. The molecular formula is C17H18ClN3. The fraction of sp³-hybridized carbons (Fsp3) is 0.235. The van der Waals surface area contributed by atoms with Crippen molar-refractivity contribution in [1.82, 2.24) is 9.55 Å². The Labute approximate surface area is 129 Å². The number of nitrogen functional groups attached to an aromatic ring is 1. The number of rotatable bonds is 3. The predicted molar refractivity (Wildman–Crippen MR) is 89.6 cm³/mol. The molecule has 0 aliphatic carbocycles. The first kappa shape index (κ1) is 14.0. The van der Waals surface area contributed by atoms with E-state index in [2.05, 4.69) is 18.4 Å². The van der Waals surface area contributed by atoms with E-state index in [0.29, 0.717) is 0 Å². The van der Waals surface area contributed by atoms with Crippen LogP contribution in [0.15, 0.2) is 36.4 Å². The Kier molecular flexibility index (Phi) is 3.60. The van der Waals surface area contributed by atoms with Gasteiger partial charge in [-0.15, -0.1) is 0 Å². The summed E-state index contributed by atoms with van der Waals surface area (Å²) < 4.78 is 2.19. The Balaban J connectivity index is 2.34. The molecule has 0 amide bonds. The van der Waals surface area contributed by atoms with Gasteiger partial charge in [0, 0.05) is 17.8 Å². The van der Waals surface area contributed by atoms with E-state index in [0.717, 1.165) is 51.7 Å². The highest BCUT2D eigenvalue weighted by molar-refractivity contribution is 6.35. The average molecular weight is 300 g/mol. The first-order chi connectivity index (χ1) is 10.1. The summed E-state index contributed by atoms with van der Waals surface area (Å²) in [5, 5.41) is 0.737. The molecule has 3 nitrogen and oxygen atoms in total. The highest BCUT2D eigenvalue weighted by atomic mass is 35.5. The molecule has 0 bridgehead atoms. The maximum absolute atomic E-state index is 6.38. The molecule has 0 spiro atoms. The Bertz CT molecular complexity index is 805. The van der Waals surface area contributed by atoms with Gasteiger partial charge >= 0.3 is 0 Å². The molecule has 4 heteroatoms. The zero-order chi connectivity index (χ0) is 15.0. The molecule has 0 saturated heterocycles. The summed E-state index contributed by atoms with van der Waals surface area (Å²) in [6, 6.07) is 11.8. The number of anilines is 1.